The first-order chi connectivity index (χ1) is 6.38. The lowest BCUT2D eigenvalue weighted by atomic mass is 9.92. The molecule has 0 aromatic rings. The average Bonchev–Trinajstić information content (AvgIpc) is 2.77. The molecule has 0 bridgehead atoms. The largest absolute Gasteiger partial charge is 0.312 e. The zero-order valence-corrected chi connectivity index (χ0v) is 10.6. The van der Waals surface area contributed by atoms with E-state index in [0.29, 0.717) is 0 Å². The minimum atomic E-state index is 0.282. The monoisotopic (exact) mass is 197 g/mol. The standard InChI is InChI=1S/C13H27N/c1-10(2)8-12(11-6-7-11)9-14-13(3,4)5/h10-12,14H,6-9H2,1-5H3. The minimum Gasteiger partial charge on any atom is -0.312 e. The topological polar surface area (TPSA) is 12.0 Å². The molecule has 1 aliphatic rings. The molecule has 1 atom stereocenters. The first-order valence-electron chi connectivity index (χ1n) is 6.13. The molecule has 1 unspecified atom stereocenters. The molecular formula is C13H27N. The Kier molecular flexibility index (Phi) is 4.00. The van der Waals surface area contributed by atoms with Crippen molar-refractivity contribution < 1.29 is 0 Å². The Balaban J connectivity index is 2.28. The average molecular weight is 197 g/mol. The van der Waals surface area contributed by atoms with Crippen molar-refractivity contribution in [1.29, 1.82) is 0 Å². The van der Waals surface area contributed by atoms with E-state index in [1.807, 2.05) is 0 Å². The van der Waals surface area contributed by atoms with Gasteiger partial charge in [-0.25, -0.2) is 0 Å². The van der Waals surface area contributed by atoms with Crippen molar-refractivity contribution in [3.63, 3.8) is 0 Å². The third kappa shape index (κ3) is 4.99. The van der Waals surface area contributed by atoms with E-state index in [1.165, 1.54) is 25.8 Å². The first kappa shape index (κ1) is 12.0. The van der Waals surface area contributed by atoms with Crippen molar-refractivity contribution in [3.05, 3.63) is 0 Å². The van der Waals surface area contributed by atoms with Crippen LogP contribution >= 0.6 is 0 Å². The van der Waals surface area contributed by atoms with E-state index < -0.39 is 0 Å². The third-order valence-electron chi connectivity index (χ3n) is 2.96. The lowest BCUT2D eigenvalue weighted by Crippen LogP contribution is -2.39. The van der Waals surface area contributed by atoms with Gasteiger partial charge >= 0.3 is 0 Å². The van der Waals surface area contributed by atoms with Gasteiger partial charge in [0.2, 0.25) is 0 Å². The second kappa shape index (κ2) is 4.65. The molecule has 0 spiro atoms. The highest BCUT2D eigenvalue weighted by Crippen LogP contribution is 2.39. The quantitative estimate of drug-likeness (QED) is 0.712. The Bertz CT molecular complexity index is 163. The normalized spacial score (nSPS) is 20.1. The van der Waals surface area contributed by atoms with Crippen molar-refractivity contribution in [1.82, 2.24) is 5.32 Å². The van der Waals surface area contributed by atoms with E-state index in [0.717, 1.165) is 17.8 Å². The maximum Gasteiger partial charge on any atom is 0.00966 e. The third-order valence-corrected chi connectivity index (χ3v) is 2.96. The maximum absolute atomic E-state index is 3.65. The Morgan fingerprint density at radius 2 is 1.79 bits per heavy atom. The van der Waals surface area contributed by atoms with Gasteiger partial charge in [0.15, 0.2) is 0 Å². The Morgan fingerprint density at radius 1 is 1.21 bits per heavy atom. The molecular weight excluding hydrogens is 170 g/mol. The summed E-state index contributed by atoms with van der Waals surface area (Å²) in [5.74, 6) is 2.81. The fourth-order valence-corrected chi connectivity index (χ4v) is 2.05. The van der Waals surface area contributed by atoms with Crippen LogP contribution in [-0.2, 0) is 0 Å². The van der Waals surface area contributed by atoms with E-state index >= 15 is 0 Å². The summed E-state index contributed by atoms with van der Waals surface area (Å²) < 4.78 is 0. The van der Waals surface area contributed by atoms with Crippen molar-refractivity contribution in [2.75, 3.05) is 6.54 Å². The highest BCUT2D eigenvalue weighted by atomic mass is 14.9. The zero-order chi connectivity index (χ0) is 10.8. The van der Waals surface area contributed by atoms with Crippen LogP contribution in [-0.4, -0.2) is 12.1 Å². The molecule has 0 amide bonds. The molecule has 0 aromatic carbocycles. The van der Waals surface area contributed by atoms with Crippen LogP contribution in [0.1, 0.15) is 53.9 Å². The number of hydrogen-bond donors (Lipinski definition) is 1. The molecule has 1 N–H and O–H groups in total. The van der Waals surface area contributed by atoms with Gasteiger partial charge in [-0.05, 0) is 64.3 Å². The molecule has 1 aliphatic carbocycles. The van der Waals surface area contributed by atoms with Crippen LogP contribution in [0.15, 0.2) is 0 Å². The number of hydrogen-bond acceptors (Lipinski definition) is 1. The first-order valence-corrected chi connectivity index (χ1v) is 6.13. The minimum absolute atomic E-state index is 0.282. The predicted molar refractivity (Wildman–Crippen MR) is 63.4 cm³/mol. The van der Waals surface area contributed by atoms with E-state index in [-0.39, 0.29) is 5.54 Å². The SMILES string of the molecule is CC(C)CC(CNC(C)(C)C)C1CC1. The summed E-state index contributed by atoms with van der Waals surface area (Å²) in [6, 6.07) is 0. The van der Waals surface area contributed by atoms with Crippen molar-refractivity contribution in [2.24, 2.45) is 17.8 Å². The van der Waals surface area contributed by atoms with Gasteiger partial charge in [0.05, 0.1) is 0 Å². The van der Waals surface area contributed by atoms with Crippen LogP contribution in [0.3, 0.4) is 0 Å². The highest BCUT2D eigenvalue weighted by molar-refractivity contribution is 4.85. The molecule has 14 heavy (non-hydrogen) atoms. The lowest BCUT2D eigenvalue weighted by molar-refractivity contribution is 0.307. The second-order valence-electron chi connectivity index (χ2n) is 6.36. The Labute approximate surface area is 89.7 Å². The van der Waals surface area contributed by atoms with Crippen LogP contribution in [0, 0.1) is 17.8 Å². The summed E-state index contributed by atoms with van der Waals surface area (Å²) in [6.45, 7) is 12.7. The number of rotatable bonds is 5. The summed E-state index contributed by atoms with van der Waals surface area (Å²) in [5, 5.41) is 3.65. The Hall–Kier alpha value is -0.0400. The van der Waals surface area contributed by atoms with Crippen LogP contribution in [0.5, 0.6) is 0 Å². The van der Waals surface area contributed by atoms with Gasteiger partial charge in [-0.1, -0.05) is 13.8 Å². The van der Waals surface area contributed by atoms with Gasteiger partial charge < -0.3 is 5.32 Å². The summed E-state index contributed by atoms with van der Waals surface area (Å²) in [7, 11) is 0. The van der Waals surface area contributed by atoms with E-state index in [2.05, 4.69) is 39.9 Å². The molecule has 1 fully saturated rings. The maximum atomic E-state index is 3.65. The Morgan fingerprint density at radius 3 is 2.14 bits per heavy atom. The second-order valence-corrected chi connectivity index (χ2v) is 6.36. The molecule has 1 nitrogen and oxygen atoms in total. The fraction of sp³-hybridized carbons (Fsp3) is 1.00. The zero-order valence-electron chi connectivity index (χ0n) is 10.6. The highest BCUT2D eigenvalue weighted by Gasteiger charge is 2.31. The fourth-order valence-electron chi connectivity index (χ4n) is 2.05. The summed E-state index contributed by atoms with van der Waals surface area (Å²) >= 11 is 0. The molecule has 84 valence electrons. The molecule has 0 saturated heterocycles. The van der Waals surface area contributed by atoms with E-state index in [4.69, 9.17) is 0 Å². The molecule has 0 aromatic heterocycles. The van der Waals surface area contributed by atoms with Crippen LogP contribution in [0.25, 0.3) is 0 Å². The molecule has 0 radical (unpaired) electrons. The molecule has 0 heterocycles. The van der Waals surface area contributed by atoms with Crippen LogP contribution < -0.4 is 5.32 Å². The van der Waals surface area contributed by atoms with Gasteiger partial charge in [0.25, 0.3) is 0 Å². The molecule has 1 heteroatoms. The van der Waals surface area contributed by atoms with E-state index in [9.17, 15) is 0 Å². The number of nitrogens with one attached hydrogen (secondary N) is 1. The predicted octanol–water partition coefficient (Wildman–Crippen LogP) is 3.45. The van der Waals surface area contributed by atoms with E-state index in [1.54, 1.807) is 0 Å². The molecule has 1 saturated carbocycles. The smallest absolute Gasteiger partial charge is 0.00966 e. The lowest BCUT2D eigenvalue weighted by Gasteiger charge is -2.26. The summed E-state index contributed by atoms with van der Waals surface area (Å²) in [6.07, 6.45) is 4.35. The summed E-state index contributed by atoms with van der Waals surface area (Å²) in [4.78, 5) is 0. The molecule has 1 rings (SSSR count). The molecule has 0 aliphatic heterocycles. The van der Waals surface area contributed by atoms with Crippen molar-refractivity contribution in [2.45, 2.75) is 59.4 Å². The van der Waals surface area contributed by atoms with Gasteiger partial charge in [-0.15, -0.1) is 0 Å². The van der Waals surface area contributed by atoms with Crippen LogP contribution in [0.4, 0.5) is 0 Å². The van der Waals surface area contributed by atoms with Crippen LogP contribution in [0.2, 0.25) is 0 Å². The van der Waals surface area contributed by atoms with Crippen molar-refractivity contribution >= 4 is 0 Å². The summed E-state index contributed by atoms with van der Waals surface area (Å²) in [5.41, 5.74) is 0.282. The van der Waals surface area contributed by atoms with Gasteiger partial charge in [-0.2, -0.15) is 0 Å². The van der Waals surface area contributed by atoms with Gasteiger partial charge in [0.1, 0.15) is 0 Å². The van der Waals surface area contributed by atoms with Crippen molar-refractivity contribution in [3.8, 4) is 0 Å². The van der Waals surface area contributed by atoms with Gasteiger partial charge in [0, 0.05) is 5.54 Å². The van der Waals surface area contributed by atoms with Gasteiger partial charge in [-0.3, -0.25) is 0 Å².